The molecule has 3 heterocycles. The number of nitrogens with zero attached hydrogens (tertiary/aromatic N) is 2. The van der Waals surface area contributed by atoms with E-state index in [0.717, 1.165) is 29.6 Å². The Morgan fingerprint density at radius 1 is 1.35 bits per heavy atom. The summed E-state index contributed by atoms with van der Waals surface area (Å²) < 4.78 is 16.3. The van der Waals surface area contributed by atoms with Gasteiger partial charge in [-0.15, -0.1) is 0 Å². The average Bonchev–Trinajstić information content (AvgIpc) is 2.81. The van der Waals surface area contributed by atoms with Crippen molar-refractivity contribution < 1.29 is 4.39 Å². The van der Waals surface area contributed by atoms with E-state index >= 15 is 0 Å². The minimum atomic E-state index is -0.325. The molecule has 4 rings (SSSR count). The fraction of sp³-hybridized carbons (Fsp3) is 0.375. The summed E-state index contributed by atoms with van der Waals surface area (Å²) in [4.78, 5) is 2.36. The van der Waals surface area contributed by atoms with Crippen LogP contribution in [-0.4, -0.2) is 29.1 Å². The molecule has 1 aromatic carbocycles. The van der Waals surface area contributed by atoms with Gasteiger partial charge in [0.05, 0.1) is 16.6 Å². The molecule has 0 saturated carbocycles. The van der Waals surface area contributed by atoms with Gasteiger partial charge in [0.1, 0.15) is 5.82 Å². The number of hydrogen-bond acceptors (Lipinski definition) is 1. The maximum atomic E-state index is 14.1. The molecule has 0 aliphatic carbocycles. The van der Waals surface area contributed by atoms with Gasteiger partial charge in [-0.25, -0.2) is 4.39 Å². The second-order valence-electron chi connectivity index (χ2n) is 6.00. The lowest BCUT2D eigenvalue weighted by molar-refractivity contribution is 0.234. The molecule has 0 saturated heterocycles. The molecule has 0 N–H and O–H groups in total. The van der Waals surface area contributed by atoms with Crippen molar-refractivity contribution in [2.75, 3.05) is 13.6 Å². The monoisotopic (exact) mass is 290 g/mol. The van der Waals surface area contributed by atoms with Crippen LogP contribution in [-0.2, 0) is 6.54 Å². The van der Waals surface area contributed by atoms with E-state index in [1.165, 1.54) is 5.57 Å². The molecular weight excluding hydrogens is 275 g/mol. The third-order valence-electron chi connectivity index (χ3n) is 4.55. The molecule has 2 atom stereocenters. The van der Waals surface area contributed by atoms with Crippen LogP contribution in [0.25, 0.3) is 16.5 Å². The molecule has 1 aromatic heterocycles. The van der Waals surface area contributed by atoms with Crippen molar-refractivity contribution in [3.8, 4) is 0 Å². The first-order chi connectivity index (χ1) is 9.56. The molecule has 2 aromatic rings. The van der Waals surface area contributed by atoms with Crippen molar-refractivity contribution in [3.05, 3.63) is 40.8 Å². The first-order valence-electron chi connectivity index (χ1n) is 6.95. The Morgan fingerprint density at radius 3 is 2.95 bits per heavy atom. The summed E-state index contributed by atoms with van der Waals surface area (Å²) >= 11 is 6.11. The van der Waals surface area contributed by atoms with Crippen LogP contribution < -0.4 is 0 Å². The summed E-state index contributed by atoms with van der Waals surface area (Å²) in [5.74, 6) is 0.163. The summed E-state index contributed by atoms with van der Waals surface area (Å²) in [5.41, 5.74) is 3.32. The summed E-state index contributed by atoms with van der Waals surface area (Å²) in [5, 5.41) is 1.06. The molecule has 104 valence electrons. The molecule has 20 heavy (non-hydrogen) atoms. The minimum absolute atomic E-state index is 0.235. The van der Waals surface area contributed by atoms with E-state index in [1.54, 1.807) is 6.07 Å². The minimum Gasteiger partial charge on any atom is -0.345 e. The summed E-state index contributed by atoms with van der Waals surface area (Å²) in [6.45, 7) is 4.16. The van der Waals surface area contributed by atoms with Gasteiger partial charge in [0, 0.05) is 30.2 Å². The zero-order valence-electron chi connectivity index (χ0n) is 11.5. The van der Waals surface area contributed by atoms with E-state index in [0.29, 0.717) is 12.0 Å². The second-order valence-corrected chi connectivity index (χ2v) is 6.38. The highest BCUT2D eigenvalue weighted by Crippen LogP contribution is 2.41. The van der Waals surface area contributed by atoms with Crippen LogP contribution in [0.1, 0.15) is 12.5 Å². The summed E-state index contributed by atoms with van der Waals surface area (Å²) in [6.07, 6.45) is 4.31. The Balaban J connectivity index is 2.06. The topological polar surface area (TPSA) is 8.17 Å². The number of rotatable bonds is 0. The molecular formula is C16H16ClFN2. The molecule has 1 unspecified atom stereocenters. The lowest BCUT2D eigenvalue weighted by atomic mass is 9.86. The van der Waals surface area contributed by atoms with Gasteiger partial charge in [-0.05, 0) is 30.7 Å². The predicted octanol–water partition coefficient (Wildman–Crippen LogP) is 3.78. The number of halogens is 2. The van der Waals surface area contributed by atoms with Gasteiger partial charge >= 0.3 is 0 Å². The van der Waals surface area contributed by atoms with Crippen molar-refractivity contribution in [3.63, 3.8) is 0 Å². The normalized spacial score (nSPS) is 25.7. The van der Waals surface area contributed by atoms with Crippen molar-refractivity contribution in [2.24, 2.45) is 5.92 Å². The Labute approximate surface area is 122 Å². The maximum absolute atomic E-state index is 14.1. The zero-order valence-corrected chi connectivity index (χ0v) is 12.3. The lowest BCUT2D eigenvalue weighted by Gasteiger charge is -2.39. The first kappa shape index (κ1) is 12.4. The first-order valence-corrected chi connectivity index (χ1v) is 7.33. The van der Waals surface area contributed by atoms with E-state index in [9.17, 15) is 4.39 Å². The molecule has 0 spiro atoms. The quantitative estimate of drug-likeness (QED) is 0.717. The molecule has 0 bridgehead atoms. The molecule has 0 amide bonds. The van der Waals surface area contributed by atoms with Crippen molar-refractivity contribution >= 4 is 28.1 Å². The molecule has 4 heteroatoms. The number of likely N-dealkylation sites (N-methyl/N-ethyl adjacent to an activating group) is 1. The van der Waals surface area contributed by atoms with Crippen LogP contribution in [0.2, 0.25) is 5.02 Å². The van der Waals surface area contributed by atoms with Crippen LogP contribution in [0.5, 0.6) is 0 Å². The lowest BCUT2D eigenvalue weighted by Crippen LogP contribution is -2.43. The van der Waals surface area contributed by atoms with E-state index in [4.69, 9.17) is 11.6 Å². The van der Waals surface area contributed by atoms with E-state index in [1.807, 2.05) is 12.3 Å². The molecule has 0 radical (unpaired) electrons. The van der Waals surface area contributed by atoms with Gasteiger partial charge in [-0.2, -0.15) is 0 Å². The highest BCUT2D eigenvalue weighted by atomic mass is 35.5. The highest BCUT2D eigenvalue weighted by Gasteiger charge is 2.33. The summed E-state index contributed by atoms with van der Waals surface area (Å²) in [7, 11) is 2.14. The van der Waals surface area contributed by atoms with Crippen molar-refractivity contribution in [1.29, 1.82) is 0 Å². The molecule has 2 aliphatic heterocycles. The van der Waals surface area contributed by atoms with Gasteiger partial charge < -0.3 is 4.57 Å². The van der Waals surface area contributed by atoms with Crippen LogP contribution in [0.4, 0.5) is 4.39 Å². The van der Waals surface area contributed by atoms with Crippen LogP contribution >= 0.6 is 11.6 Å². The van der Waals surface area contributed by atoms with E-state index in [-0.39, 0.29) is 10.8 Å². The zero-order chi connectivity index (χ0) is 14.0. The third kappa shape index (κ3) is 1.54. The smallest absolute Gasteiger partial charge is 0.143 e. The fourth-order valence-electron chi connectivity index (χ4n) is 3.69. The summed E-state index contributed by atoms with van der Waals surface area (Å²) in [6, 6.07) is 3.85. The highest BCUT2D eigenvalue weighted by molar-refractivity contribution is 6.36. The van der Waals surface area contributed by atoms with E-state index < -0.39 is 0 Å². The van der Waals surface area contributed by atoms with Crippen LogP contribution in [0, 0.1) is 11.7 Å². The number of hydrogen-bond donors (Lipinski definition) is 0. The van der Waals surface area contributed by atoms with Crippen molar-refractivity contribution in [2.45, 2.75) is 19.5 Å². The Morgan fingerprint density at radius 2 is 2.15 bits per heavy atom. The number of fused-ring (bicyclic) bond motifs is 2. The van der Waals surface area contributed by atoms with Crippen LogP contribution in [0.3, 0.4) is 0 Å². The van der Waals surface area contributed by atoms with Crippen LogP contribution in [0.15, 0.2) is 24.4 Å². The van der Waals surface area contributed by atoms with Crippen molar-refractivity contribution in [1.82, 2.24) is 9.47 Å². The fourth-order valence-corrected chi connectivity index (χ4v) is 3.90. The van der Waals surface area contributed by atoms with Gasteiger partial charge in [0.25, 0.3) is 0 Å². The Kier molecular flexibility index (Phi) is 2.54. The maximum Gasteiger partial charge on any atom is 0.143 e. The molecule has 2 nitrogen and oxygen atoms in total. The largest absolute Gasteiger partial charge is 0.345 e. The Bertz CT molecular complexity index is 747. The van der Waals surface area contributed by atoms with Gasteiger partial charge in [0.2, 0.25) is 0 Å². The number of benzene rings is 1. The average molecular weight is 291 g/mol. The SMILES string of the molecule is C[C@@H]1C=C2c3cc(F)c(Cl)c4ccn(c34)CC2N(C)C1. The van der Waals surface area contributed by atoms with E-state index in [2.05, 4.69) is 29.5 Å². The van der Waals surface area contributed by atoms with Gasteiger partial charge in [0.15, 0.2) is 0 Å². The number of aromatic nitrogens is 1. The third-order valence-corrected chi connectivity index (χ3v) is 4.93. The molecule has 2 aliphatic rings. The second kappa shape index (κ2) is 4.09. The van der Waals surface area contributed by atoms with Gasteiger partial charge in [-0.3, -0.25) is 4.90 Å². The predicted molar refractivity (Wildman–Crippen MR) is 80.5 cm³/mol. The Hall–Kier alpha value is -1.32. The molecule has 0 fully saturated rings. The standard InChI is InChI=1S/C16H16ClFN2/c1-9-5-11-12-6-13(18)15(17)10-3-4-20(16(10)12)8-14(11)19(2)7-9/h3-6,9,14H,7-8H2,1-2H3/t9-,14?/m1/s1. The van der Waals surface area contributed by atoms with Gasteiger partial charge in [-0.1, -0.05) is 24.6 Å².